The van der Waals surface area contributed by atoms with Crippen molar-refractivity contribution in [2.45, 2.75) is 19.1 Å². The number of hydrogen-bond acceptors (Lipinski definition) is 5. The fourth-order valence-corrected chi connectivity index (χ4v) is 1.99. The van der Waals surface area contributed by atoms with E-state index in [9.17, 15) is 0 Å². The van der Waals surface area contributed by atoms with E-state index in [0.29, 0.717) is 23.2 Å². The largest absolute Gasteiger partial charge is 0.338 e. The molecule has 0 amide bonds. The summed E-state index contributed by atoms with van der Waals surface area (Å²) >= 11 is 1.46. The second kappa shape index (κ2) is 6.22. The average molecular weight is 259 g/mol. The van der Waals surface area contributed by atoms with Crippen molar-refractivity contribution >= 4 is 11.8 Å². The van der Waals surface area contributed by atoms with E-state index in [0.717, 1.165) is 12.0 Å². The minimum atomic E-state index is 0.433. The number of benzene rings is 1. The summed E-state index contributed by atoms with van der Waals surface area (Å²) in [5, 5.41) is 12.4. The topological polar surface area (TPSA) is 62.7 Å². The van der Waals surface area contributed by atoms with Gasteiger partial charge in [-0.15, -0.1) is 11.8 Å². The lowest BCUT2D eigenvalue weighted by molar-refractivity contribution is 0.392. The Morgan fingerprint density at radius 1 is 1.33 bits per heavy atom. The molecule has 2 aromatic rings. The summed E-state index contributed by atoms with van der Waals surface area (Å²) in [6, 6.07) is 10.2. The van der Waals surface area contributed by atoms with Gasteiger partial charge in [-0.1, -0.05) is 36.3 Å². The molecule has 0 spiro atoms. The van der Waals surface area contributed by atoms with Gasteiger partial charge in [-0.05, 0) is 12.0 Å². The zero-order valence-electron chi connectivity index (χ0n) is 10.1. The molecule has 5 heteroatoms. The maximum absolute atomic E-state index is 8.44. The number of hydrogen-bond donors (Lipinski definition) is 0. The maximum Gasteiger partial charge on any atom is 0.236 e. The van der Waals surface area contributed by atoms with Gasteiger partial charge < -0.3 is 4.52 Å². The number of thioether (sulfide) groups is 1. The molecule has 2 rings (SSSR count). The molecule has 0 aliphatic rings. The minimum Gasteiger partial charge on any atom is -0.338 e. The zero-order valence-corrected chi connectivity index (χ0v) is 10.9. The molecule has 0 N–H and O–H groups in total. The van der Waals surface area contributed by atoms with E-state index in [1.807, 2.05) is 12.1 Å². The van der Waals surface area contributed by atoms with Gasteiger partial charge in [0.1, 0.15) is 0 Å². The predicted molar refractivity (Wildman–Crippen MR) is 70.9 cm³/mol. The van der Waals surface area contributed by atoms with Crippen molar-refractivity contribution in [3.63, 3.8) is 0 Å². The second-order valence-electron chi connectivity index (χ2n) is 3.71. The first-order valence-electron chi connectivity index (χ1n) is 5.70. The molecule has 18 heavy (non-hydrogen) atoms. The minimum absolute atomic E-state index is 0.433. The highest BCUT2D eigenvalue weighted by atomic mass is 32.2. The van der Waals surface area contributed by atoms with E-state index in [-0.39, 0.29) is 0 Å². The Bertz CT molecular complexity index is 542. The molecule has 1 aromatic heterocycles. The Morgan fingerprint density at radius 3 is 2.78 bits per heavy atom. The van der Waals surface area contributed by atoms with Crippen LogP contribution in [0.15, 0.2) is 28.8 Å². The van der Waals surface area contributed by atoms with Crippen molar-refractivity contribution in [1.29, 1.82) is 5.26 Å². The van der Waals surface area contributed by atoms with Crippen LogP contribution in [0, 0.1) is 11.3 Å². The van der Waals surface area contributed by atoms with Gasteiger partial charge in [0.2, 0.25) is 11.7 Å². The van der Waals surface area contributed by atoms with Crippen molar-refractivity contribution in [2.75, 3.05) is 5.75 Å². The highest BCUT2D eigenvalue weighted by Crippen LogP contribution is 2.18. The molecule has 0 unspecified atom stereocenters. The molecule has 92 valence electrons. The van der Waals surface area contributed by atoms with Crippen LogP contribution in [0.2, 0.25) is 0 Å². The Morgan fingerprint density at radius 2 is 2.11 bits per heavy atom. The smallest absolute Gasteiger partial charge is 0.236 e. The van der Waals surface area contributed by atoms with Gasteiger partial charge in [-0.2, -0.15) is 10.2 Å². The molecular weight excluding hydrogens is 246 g/mol. The Labute approximate surface area is 110 Å². The van der Waals surface area contributed by atoms with Crippen LogP contribution in [-0.2, 0) is 12.2 Å². The molecule has 0 aliphatic carbocycles. The van der Waals surface area contributed by atoms with E-state index in [1.54, 1.807) is 0 Å². The lowest BCUT2D eigenvalue weighted by atomic mass is 10.1. The Kier molecular flexibility index (Phi) is 4.37. The molecule has 0 radical (unpaired) electrons. The Hall–Kier alpha value is -1.80. The lowest BCUT2D eigenvalue weighted by Crippen LogP contribution is -1.85. The molecular formula is C13H13N3OS. The van der Waals surface area contributed by atoms with Crippen LogP contribution in [0.3, 0.4) is 0 Å². The standard InChI is InChI=1S/C13H13N3OS/c1-2-10-3-5-11(6-4-10)13-15-12(17-16-13)9-18-8-7-14/h3-6H,2,8-9H2,1H3. The van der Waals surface area contributed by atoms with Crippen LogP contribution in [0.1, 0.15) is 18.4 Å². The third-order valence-corrected chi connectivity index (χ3v) is 3.26. The lowest BCUT2D eigenvalue weighted by Gasteiger charge is -1.97. The first kappa shape index (κ1) is 12.7. The molecule has 1 aromatic carbocycles. The summed E-state index contributed by atoms with van der Waals surface area (Å²) in [7, 11) is 0. The highest BCUT2D eigenvalue weighted by Gasteiger charge is 2.08. The SMILES string of the molecule is CCc1ccc(-c2noc(CSCC#N)n2)cc1. The van der Waals surface area contributed by atoms with Crippen molar-refractivity contribution in [2.24, 2.45) is 0 Å². The summed E-state index contributed by atoms with van der Waals surface area (Å²) in [5.74, 6) is 2.17. The average Bonchev–Trinajstić information content (AvgIpc) is 2.88. The summed E-state index contributed by atoms with van der Waals surface area (Å²) in [5.41, 5.74) is 2.24. The van der Waals surface area contributed by atoms with Crippen LogP contribution >= 0.6 is 11.8 Å². The van der Waals surface area contributed by atoms with E-state index >= 15 is 0 Å². The van der Waals surface area contributed by atoms with Crippen molar-refractivity contribution in [1.82, 2.24) is 10.1 Å². The van der Waals surface area contributed by atoms with Gasteiger partial charge in [0.05, 0.1) is 17.6 Å². The first-order chi connectivity index (χ1) is 8.83. The van der Waals surface area contributed by atoms with E-state index < -0.39 is 0 Å². The normalized spacial score (nSPS) is 10.2. The molecule has 0 bridgehead atoms. The zero-order chi connectivity index (χ0) is 12.8. The van der Waals surface area contributed by atoms with Gasteiger partial charge >= 0.3 is 0 Å². The monoisotopic (exact) mass is 259 g/mol. The van der Waals surface area contributed by atoms with Crippen LogP contribution in [0.4, 0.5) is 0 Å². The van der Waals surface area contributed by atoms with Crippen LogP contribution in [0.5, 0.6) is 0 Å². The van der Waals surface area contributed by atoms with Crippen LogP contribution < -0.4 is 0 Å². The number of aryl methyl sites for hydroxylation is 1. The van der Waals surface area contributed by atoms with Crippen molar-refractivity contribution < 1.29 is 4.52 Å². The molecule has 0 saturated carbocycles. The molecule has 0 aliphatic heterocycles. The maximum atomic E-state index is 8.44. The van der Waals surface area contributed by atoms with Gasteiger partial charge in [-0.25, -0.2) is 0 Å². The van der Waals surface area contributed by atoms with E-state index in [1.165, 1.54) is 17.3 Å². The number of nitriles is 1. The Balaban J connectivity index is 2.06. The van der Waals surface area contributed by atoms with E-state index in [2.05, 4.69) is 35.3 Å². The quantitative estimate of drug-likeness (QED) is 0.772. The summed E-state index contributed by atoms with van der Waals surface area (Å²) in [6.07, 6.45) is 1.02. The fraction of sp³-hybridized carbons (Fsp3) is 0.308. The molecule has 0 saturated heterocycles. The van der Waals surface area contributed by atoms with Gasteiger partial charge in [0, 0.05) is 5.56 Å². The van der Waals surface area contributed by atoms with Crippen LogP contribution in [0.25, 0.3) is 11.4 Å². The predicted octanol–water partition coefficient (Wildman–Crippen LogP) is 3.06. The number of aromatic nitrogens is 2. The van der Waals surface area contributed by atoms with E-state index in [4.69, 9.17) is 9.78 Å². The number of rotatable bonds is 5. The van der Waals surface area contributed by atoms with Gasteiger partial charge in [-0.3, -0.25) is 0 Å². The molecule has 4 nitrogen and oxygen atoms in total. The third-order valence-electron chi connectivity index (χ3n) is 2.48. The van der Waals surface area contributed by atoms with Crippen molar-refractivity contribution in [3.8, 4) is 17.5 Å². The third kappa shape index (κ3) is 3.11. The molecule has 0 fully saturated rings. The van der Waals surface area contributed by atoms with Crippen LogP contribution in [-0.4, -0.2) is 15.9 Å². The van der Waals surface area contributed by atoms with Gasteiger partial charge in [0.25, 0.3) is 0 Å². The molecule has 1 heterocycles. The molecule has 0 atom stereocenters. The summed E-state index contributed by atoms with van der Waals surface area (Å²) in [6.45, 7) is 2.12. The summed E-state index contributed by atoms with van der Waals surface area (Å²) in [4.78, 5) is 4.30. The first-order valence-corrected chi connectivity index (χ1v) is 6.85. The van der Waals surface area contributed by atoms with Crippen molar-refractivity contribution in [3.05, 3.63) is 35.7 Å². The fourth-order valence-electron chi connectivity index (χ4n) is 1.50. The highest BCUT2D eigenvalue weighted by molar-refractivity contribution is 7.98. The summed E-state index contributed by atoms with van der Waals surface area (Å²) < 4.78 is 5.13. The second-order valence-corrected chi connectivity index (χ2v) is 4.70. The van der Waals surface area contributed by atoms with Gasteiger partial charge in [0.15, 0.2) is 0 Å². The number of nitrogens with zero attached hydrogens (tertiary/aromatic N) is 3.